The Kier molecular flexibility index (Phi) is 7.35. The predicted octanol–water partition coefficient (Wildman–Crippen LogP) is 1.69. The van der Waals surface area contributed by atoms with Crippen molar-refractivity contribution in [3.63, 3.8) is 0 Å². The first kappa shape index (κ1) is 18.5. The van der Waals surface area contributed by atoms with E-state index in [9.17, 15) is 19.5 Å². The van der Waals surface area contributed by atoms with Crippen LogP contribution < -0.4 is 10.6 Å². The van der Waals surface area contributed by atoms with Gasteiger partial charge in [-0.05, 0) is 25.2 Å². The minimum Gasteiger partial charge on any atom is -0.481 e. The molecule has 1 rings (SSSR count). The Morgan fingerprint density at radius 2 is 1.68 bits per heavy atom. The van der Waals surface area contributed by atoms with Gasteiger partial charge in [-0.25, -0.2) is 0 Å². The van der Waals surface area contributed by atoms with E-state index < -0.39 is 11.4 Å². The van der Waals surface area contributed by atoms with E-state index in [2.05, 4.69) is 10.6 Å². The number of rotatable bonds is 8. The predicted molar refractivity (Wildman–Crippen MR) is 83.2 cm³/mol. The summed E-state index contributed by atoms with van der Waals surface area (Å²) in [6, 6.07) is 0. The van der Waals surface area contributed by atoms with Gasteiger partial charge >= 0.3 is 5.97 Å². The molecule has 0 aromatic heterocycles. The summed E-state index contributed by atoms with van der Waals surface area (Å²) < 4.78 is 0. The van der Waals surface area contributed by atoms with Gasteiger partial charge in [-0.3, -0.25) is 14.4 Å². The average Bonchev–Trinajstić information content (AvgIpc) is 2.49. The first-order valence-electron chi connectivity index (χ1n) is 8.12. The van der Waals surface area contributed by atoms with Crippen LogP contribution >= 0.6 is 0 Å². The summed E-state index contributed by atoms with van der Waals surface area (Å²) in [5.41, 5.74) is -0.838. The lowest BCUT2D eigenvalue weighted by Gasteiger charge is -2.33. The van der Waals surface area contributed by atoms with Crippen LogP contribution in [0.1, 0.15) is 58.8 Å². The molecule has 0 aromatic carbocycles. The molecule has 6 nitrogen and oxygen atoms in total. The topological polar surface area (TPSA) is 95.5 Å². The molecule has 126 valence electrons. The number of carbonyl (C=O) groups excluding carboxylic acids is 2. The van der Waals surface area contributed by atoms with Crippen LogP contribution in [0.15, 0.2) is 0 Å². The molecule has 0 radical (unpaired) electrons. The van der Waals surface area contributed by atoms with Crippen molar-refractivity contribution in [2.75, 3.05) is 13.1 Å². The van der Waals surface area contributed by atoms with Crippen molar-refractivity contribution in [1.82, 2.24) is 10.6 Å². The summed E-state index contributed by atoms with van der Waals surface area (Å²) in [6.07, 6.45) is 5.21. The molecule has 0 heterocycles. The van der Waals surface area contributed by atoms with Gasteiger partial charge in [0.2, 0.25) is 11.8 Å². The summed E-state index contributed by atoms with van der Waals surface area (Å²) >= 11 is 0. The Labute approximate surface area is 132 Å². The van der Waals surface area contributed by atoms with Crippen molar-refractivity contribution < 1.29 is 19.5 Å². The molecule has 1 fully saturated rings. The summed E-state index contributed by atoms with van der Waals surface area (Å²) in [7, 11) is 0. The fourth-order valence-electron chi connectivity index (χ4n) is 2.71. The number of hydrogen-bond acceptors (Lipinski definition) is 3. The molecule has 0 saturated heterocycles. The molecule has 1 aliphatic rings. The molecular formula is C16H28N2O4. The molecule has 3 N–H and O–H groups in total. The molecule has 0 unspecified atom stereocenters. The van der Waals surface area contributed by atoms with E-state index in [4.69, 9.17) is 0 Å². The van der Waals surface area contributed by atoms with Crippen molar-refractivity contribution in [3.05, 3.63) is 0 Å². The van der Waals surface area contributed by atoms with E-state index in [-0.39, 0.29) is 24.9 Å². The SMILES string of the molecule is CC(C)CCC(=O)NCC(=O)NCC1(C(=O)O)CCCCC1. The molecule has 0 atom stereocenters. The van der Waals surface area contributed by atoms with Crippen LogP contribution in [0.4, 0.5) is 0 Å². The van der Waals surface area contributed by atoms with Crippen LogP contribution in [0, 0.1) is 11.3 Å². The fraction of sp³-hybridized carbons (Fsp3) is 0.812. The van der Waals surface area contributed by atoms with E-state index in [0.29, 0.717) is 25.2 Å². The molecule has 6 heteroatoms. The largest absolute Gasteiger partial charge is 0.481 e. The van der Waals surface area contributed by atoms with Crippen molar-refractivity contribution in [2.45, 2.75) is 58.8 Å². The monoisotopic (exact) mass is 312 g/mol. The third-order valence-electron chi connectivity index (χ3n) is 4.28. The summed E-state index contributed by atoms with van der Waals surface area (Å²) in [5, 5.41) is 14.6. The number of nitrogens with one attached hydrogen (secondary N) is 2. The lowest BCUT2D eigenvalue weighted by Crippen LogP contribution is -2.46. The van der Waals surface area contributed by atoms with Crippen LogP contribution in [-0.2, 0) is 14.4 Å². The van der Waals surface area contributed by atoms with Gasteiger partial charge in [0.25, 0.3) is 0 Å². The van der Waals surface area contributed by atoms with Gasteiger partial charge in [0.05, 0.1) is 12.0 Å². The second-order valence-corrected chi connectivity index (χ2v) is 6.63. The van der Waals surface area contributed by atoms with E-state index >= 15 is 0 Å². The maximum Gasteiger partial charge on any atom is 0.311 e. The maximum atomic E-state index is 11.8. The van der Waals surface area contributed by atoms with Crippen molar-refractivity contribution in [1.29, 1.82) is 0 Å². The lowest BCUT2D eigenvalue weighted by atomic mass is 9.74. The van der Waals surface area contributed by atoms with Crippen LogP contribution in [0.2, 0.25) is 0 Å². The maximum absolute atomic E-state index is 11.8. The van der Waals surface area contributed by atoms with E-state index in [0.717, 1.165) is 25.7 Å². The van der Waals surface area contributed by atoms with E-state index in [1.807, 2.05) is 13.8 Å². The van der Waals surface area contributed by atoms with Gasteiger partial charge in [-0.15, -0.1) is 0 Å². The summed E-state index contributed by atoms with van der Waals surface area (Å²) in [6.45, 7) is 4.13. The van der Waals surface area contributed by atoms with Gasteiger partial charge in [0.1, 0.15) is 0 Å². The van der Waals surface area contributed by atoms with Gasteiger partial charge in [-0.2, -0.15) is 0 Å². The normalized spacial score (nSPS) is 17.0. The lowest BCUT2D eigenvalue weighted by molar-refractivity contribution is -0.151. The van der Waals surface area contributed by atoms with E-state index in [1.165, 1.54) is 0 Å². The van der Waals surface area contributed by atoms with E-state index in [1.54, 1.807) is 0 Å². The highest BCUT2D eigenvalue weighted by Crippen LogP contribution is 2.35. The Hall–Kier alpha value is -1.59. The molecule has 0 spiro atoms. The van der Waals surface area contributed by atoms with Crippen molar-refractivity contribution in [2.24, 2.45) is 11.3 Å². The van der Waals surface area contributed by atoms with Crippen LogP contribution in [0.5, 0.6) is 0 Å². The highest BCUT2D eigenvalue weighted by molar-refractivity contribution is 5.85. The van der Waals surface area contributed by atoms with Crippen molar-refractivity contribution >= 4 is 17.8 Å². The van der Waals surface area contributed by atoms with Gasteiger partial charge in [0.15, 0.2) is 0 Å². The number of carbonyl (C=O) groups is 3. The summed E-state index contributed by atoms with van der Waals surface area (Å²) in [5.74, 6) is -0.867. The number of aliphatic carboxylic acids is 1. The Balaban J connectivity index is 2.32. The highest BCUT2D eigenvalue weighted by atomic mass is 16.4. The smallest absolute Gasteiger partial charge is 0.311 e. The molecule has 0 aromatic rings. The number of hydrogen-bond donors (Lipinski definition) is 3. The van der Waals surface area contributed by atoms with Gasteiger partial charge < -0.3 is 15.7 Å². The molecule has 2 amide bonds. The Morgan fingerprint density at radius 3 is 2.23 bits per heavy atom. The van der Waals surface area contributed by atoms with Gasteiger partial charge in [0, 0.05) is 13.0 Å². The molecule has 0 bridgehead atoms. The molecule has 22 heavy (non-hydrogen) atoms. The van der Waals surface area contributed by atoms with Gasteiger partial charge in [-0.1, -0.05) is 33.1 Å². The average molecular weight is 312 g/mol. The third kappa shape index (κ3) is 6.03. The standard InChI is InChI=1S/C16H28N2O4/c1-12(2)6-7-13(19)17-10-14(20)18-11-16(15(21)22)8-4-3-5-9-16/h12H,3-11H2,1-2H3,(H,17,19)(H,18,20)(H,21,22). The Morgan fingerprint density at radius 1 is 1.05 bits per heavy atom. The zero-order valence-corrected chi connectivity index (χ0v) is 13.6. The number of carboxylic acid groups (broad SMARTS) is 1. The van der Waals surface area contributed by atoms with Crippen LogP contribution in [0.3, 0.4) is 0 Å². The summed E-state index contributed by atoms with van der Waals surface area (Å²) in [4.78, 5) is 34.8. The second kappa shape index (κ2) is 8.76. The first-order valence-corrected chi connectivity index (χ1v) is 8.12. The van der Waals surface area contributed by atoms with Crippen molar-refractivity contribution in [3.8, 4) is 0 Å². The zero-order chi connectivity index (χ0) is 16.6. The number of carboxylic acids is 1. The minimum atomic E-state index is -0.839. The zero-order valence-electron chi connectivity index (χ0n) is 13.6. The molecular weight excluding hydrogens is 284 g/mol. The first-order chi connectivity index (χ1) is 10.4. The molecule has 1 saturated carbocycles. The third-order valence-corrected chi connectivity index (χ3v) is 4.28. The quantitative estimate of drug-likeness (QED) is 0.635. The molecule has 0 aliphatic heterocycles. The van der Waals surface area contributed by atoms with Crippen LogP contribution in [-0.4, -0.2) is 36.0 Å². The second-order valence-electron chi connectivity index (χ2n) is 6.63. The fourth-order valence-corrected chi connectivity index (χ4v) is 2.71. The molecule has 1 aliphatic carbocycles. The number of amides is 2. The highest BCUT2D eigenvalue weighted by Gasteiger charge is 2.39. The Bertz CT molecular complexity index is 401. The minimum absolute atomic E-state index is 0.0906. The van der Waals surface area contributed by atoms with Crippen LogP contribution in [0.25, 0.3) is 0 Å².